The molecule has 0 radical (unpaired) electrons. The van der Waals surface area contributed by atoms with Gasteiger partial charge in [0.05, 0.1) is 19.3 Å². The maximum Gasteiger partial charge on any atom is 0.305 e. The van der Waals surface area contributed by atoms with Crippen LogP contribution in [0, 0.1) is 41.4 Å². The molecule has 0 unspecified atom stereocenters. The second-order valence-corrected chi connectivity index (χ2v) is 27.4. The molecule has 25 nitrogen and oxygen atoms in total. The summed E-state index contributed by atoms with van der Waals surface area (Å²) in [6.07, 6.45) is 0.0186. The van der Waals surface area contributed by atoms with Crippen LogP contribution in [-0.4, -0.2) is 239 Å². The van der Waals surface area contributed by atoms with Crippen molar-refractivity contribution in [3.05, 3.63) is 0 Å². The lowest BCUT2D eigenvalue weighted by molar-refractivity contribution is -0.157. The van der Waals surface area contributed by atoms with E-state index >= 15 is 14.4 Å². The first-order chi connectivity index (χ1) is 41.6. The van der Waals surface area contributed by atoms with Crippen LogP contribution in [0.3, 0.4) is 0 Å². The molecular formula is C65H117N11O14. The van der Waals surface area contributed by atoms with Gasteiger partial charge >= 0.3 is 5.97 Å². The zero-order valence-corrected chi connectivity index (χ0v) is 59.1. The molecule has 0 aromatic carbocycles. The van der Waals surface area contributed by atoms with Crippen molar-refractivity contribution in [1.82, 2.24) is 55.6 Å². The van der Waals surface area contributed by atoms with Gasteiger partial charge in [-0.1, -0.05) is 104 Å². The number of hydrogen-bond acceptors (Lipinski definition) is 14. The summed E-state index contributed by atoms with van der Waals surface area (Å²) in [5.41, 5.74) is 0. The van der Waals surface area contributed by atoms with Gasteiger partial charge in [0.2, 0.25) is 65.0 Å². The molecule has 25 heteroatoms. The van der Waals surface area contributed by atoms with Gasteiger partial charge in [-0.05, 0) is 107 Å². The Labute approximate surface area is 537 Å². The molecule has 5 N–H and O–H groups in total. The molecule has 0 aromatic rings. The maximum absolute atomic E-state index is 15.3. The molecule has 516 valence electrons. The van der Waals surface area contributed by atoms with Gasteiger partial charge in [0.15, 0.2) is 0 Å². The number of hydrogen-bond donors (Lipinski definition) is 5. The van der Waals surface area contributed by atoms with E-state index in [9.17, 15) is 48.3 Å². The van der Waals surface area contributed by atoms with Crippen molar-refractivity contribution in [2.45, 2.75) is 242 Å². The number of carbonyl (C=O) groups is 12. The Hall–Kier alpha value is -6.40. The van der Waals surface area contributed by atoms with Gasteiger partial charge in [0.1, 0.15) is 60.4 Å². The number of rotatable bonds is 19. The minimum Gasteiger partial charge on any atom is -0.466 e. The second-order valence-electron chi connectivity index (χ2n) is 27.4. The normalized spacial score (nSPS) is 25.9. The van der Waals surface area contributed by atoms with Crippen LogP contribution in [0.2, 0.25) is 0 Å². The molecule has 1 rings (SSSR count). The van der Waals surface area contributed by atoms with E-state index in [0.29, 0.717) is 6.42 Å². The predicted octanol–water partition coefficient (Wildman–Crippen LogP) is 3.43. The van der Waals surface area contributed by atoms with Gasteiger partial charge in [-0.15, -0.1) is 0 Å². The zero-order chi connectivity index (χ0) is 69.7. The molecule has 0 aromatic heterocycles. The lowest BCUT2D eigenvalue weighted by Gasteiger charge is -2.41. The predicted molar refractivity (Wildman–Crippen MR) is 344 cm³/mol. The third-order valence-electron chi connectivity index (χ3n) is 16.8. The first kappa shape index (κ1) is 81.6. The zero-order valence-electron chi connectivity index (χ0n) is 59.1. The quantitative estimate of drug-likeness (QED) is 0.116. The number of nitrogens with one attached hydrogen (secondary N) is 4. The number of carbonyl (C=O) groups excluding carboxylic acids is 12. The fourth-order valence-electron chi connectivity index (χ4n) is 11.2. The molecule has 0 aliphatic carbocycles. The largest absolute Gasteiger partial charge is 0.466 e. The van der Waals surface area contributed by atoms with E-state index in [0.717, 1.165) is 9.80 Å². The molecule has 0 spiro atoms. The average Bonchev–Trinajstić information content (AvgIpc) is 0.992. The minimum atomic E-state index is -1.70. The summed E-state index contributed by atoms with van der Waals surface area (Å²) in [4.78, 5) is 182. The highest BCUT2D eigenvalue weighted by molar-refractivity contribution is 5.99. The number of amides is 11. The maximum atomic E-state index is 15.3. The number of ether oxygens (including phenoxy) is 1. The van der Waals surface area contributed by atoms with Crippen molar-refractivity contribution in [1.29, 1.82) is 0 Å². The van der Waals surface area contributed by atoms with Gasteiger partial charge in [-0.25, -0.2) is 0 Å². The van der Waals surface area contributed by atoms with E-state index in [-0.39, 0.29) is 81.6 Å². The topological polar surface area (TPSA) is 305 Å². The summed E-state index contributed by atoms with van der Waals surface area (Å²) in [5, 5.41) is 23.2. The van der Waals surface area contributed by atoms with Crippen LogP contribution < -0.4 is 21.3 Å². The van der Waals surface area contributed by atoms with Crippen LogP contribution in [0.1, 0.15) is 175 Å². The van der Waals surface area contributed by atoms with Gasteiger partial charge < -0.3 is 65.4 Å². The smallest absolute Gasteiger partial charge is 0.305 e. The standard InChI is InChI=1S/C65H117N11O14/c1-25-30-90-51(78)29-27-28-42(15)55(79)54-59(83)68-45(26-2)61(85)70(18)35-50(77)71(19)46(31-36(3)4)58(82)69-52(40(11)12)64(88)72(20)47(32-37(5)6)57(81)66-43(16)56(80)67-44(17)60(84)73(21)48(33-38(7)8)62(86)74(22)49(34-39(9)10)63(87)75(23)53(41(13)14)65(89)76(54)24/h36-49,52-55,79H,25-35H2,1-24H3,(H,66,81)(H,67,80)(H,68,83)(H,69,82)/t42-,43+,44-,45+,46+,47+,48+,49+,52+,53+,54+,55-/m1/s1. The fourth-order valence-corrected chi connectivity index (χ4v) is 11.2. The Bertz CT molecular complexity index is 2440. The fraction of sp³-hybridized carbons (Fsp3) is 0.815. The molecule has 0 bridgehead atoms. The summed E-state index contributed by atoms with van der Waals surface area (Å²) in [5.74, 6) is -10.7. The van der Waals surface area contributed by atoms with E-state index < -0.39 is 162 Å². The van der Waals surface area contributed by atoms with E-state index in [1.807, 2.05) is 62.3 Å². The van der Waals surface area contributed by atoms with Crippen molar-refractivity contribution >= 4 is 70.9 Å². The molecule has 1 aliphatic heterocycles. The lowest BCUT2D eigenvalue weighted by Crippen LogP contribution is -2.63. The number of esters is 1. The molecule has 90 heavy (non-hydrogen) atoms. The first-order valence-electron chi connectivity index (χ1n) is 32.5. The Morgan fingerprint density at radius 3 is 1.39 bits per heavy atom. The highest BCUT2D eigenvalue weighted by Gasteiger charge is 2.46. The summed E-state index contributed by atoms with van der Waals surface area (Å²) in [6, 6.07) is -12.7. The summed E-state index contributed by atoms with van der Waals surface area (Å²) < 4.78 is 5.24. The molecule has 1 heterocycles. The van der Waals surface area contributed by atoms with Crippen molar-refractivity contribution in [2.75, 3.05) is 62.5 Å². The van der Waals surface area contributed by atoms with Crippen molar-refractivity contribution in [3.63, 3.8) is 0 Å². The van der Waals surface area contributed by atoms with Gasteiger partial charge in [-0.3, -0.25) is 57.5 Å². The molecule has 1 saturated heterocycles. The van der Waals surface area contributed by atoms with Crippen LogP contribution in [0.15, 0.2) is 0 Å². The molecule has 11 amide bonds. The third kappa shape index (κ3) is 23.7. The Balaban J connectivity index is 4.34. The van der Waals surface area contributed by atoms with Crippen LogP contribution in [0.5, 0.6) is 0 Å². The van der Waals surface area contributed by atoms with Crippen LogP contribution in [0.4, 0.5) is 0 Å². The highest BCUT2D eigenvalue weighted by Crippen LogP contribution is 2.26. The van der Waals surface area contributed by atoms with E-state index in [4.69, 9.17) is 4.74 Å². The first-order valence-corrected chi connectivity index (χ1v) is 32.5. The molecular weight excluding hydrogens is 1160 g/mol. The number of nitrogens with zero attached hydrogens (tertiary/aromatic N) is 7. The molecule has 12 atom stereocenters. The van der Waals surface area contributed by atoms with E-state index in [1.54, 1.807) is 41.5 Å². The van der Waals surface area contributed by atoms with Crippen molar-refractivity contribution < 1.29 is 67.4 Å². The van der Waals surface area contributed by atoms with Crippen LogP contribution in [-0.2, 0) is 62.3 Å². The van der Waals surface area contributed by atoms with Crippen LogP contribution >= 0.6 is 0 Å². The molecule has 1 fully saturated rings. The number of likely N-dealkylation sites (N-methyl/N-ethyl adjacent to an activating group) is 7. The summed E-state index contributed by atoms with van der Waals surface area (Å²) >= 11 is 0. The second kappa shape index (κ2) is 37.8. The number of aliphatic hydroxyl groups excluding tert-OH is 1. The monoisotopic (exact) mass is 1280 g/mol. The molecule has 0 saturated carbocycles. The Morgan fingerprint density at radius 2 is 0.922 bits per heavy atom. The SMILES string of the molecule is CCCOC(=O)CCC[C@@H](C)[C@@H](O)[C@H]1C(=O)N[C@@H](CC)C(=O)N(C)CC(=O)N(C)[C@@H](CC(C)C)C(=O)N[C@@H](C(C)C)C(=O)N(C)[C@@H](CC(C)C)C(=O)N[C@@H](C)C(=O)N[C@H](C)C(=O)N(C)[C@@H](CC(C)C)C(=O)N(C)[C@@H](CC(C)C)C(=O)N(C)[C@@H](C(C)C)C(=O)N1C. The summed E-state index contributed by atoms with van der Waals surface area (Å²) in [7, 11) is 9.79. The minimum absolute atomic E-state index is 0.0175. The van der Waals surface area contributed by atoms with E-state index in [1.165, 1.54) is 87.7 Å². The molecule has 1 aliphatic rings. The summed E-state index contributed by atoms with van der Waals surface area (Å²) in [6.45, 7) is 29.4. The Kier molecular flexibility index (Phi) is 34.3. The van der Waals surface area contributed by atoms with Crippen LogP contribution in [0.25, 0.3) is 0 Å². The average molecular weight is 1280 g/mol. The van der Waals surface area contributed by atoms with Crippen molar-refractivity contribution in [2.24, 2.45) is 41.4 Å². The highest BCUT2D eigenvalue weighted by atomic mass is 16.5. The van der Waals surface area contributed by atoms with Gasteiger partial charge in [0, 0.05) is 55.8 Å². The lowest BCUT2D eigenvalue weighted by atomic mass is 9.90. The van der Waals surface area contributed by atoms with Gasteiger partial charge in [0.25, 0.3) is 0 Å². The van der Waals surface area contributed by atoms with Gasteiger partial charge in [-0.2, -0.15) is 0 Å². The Morgan fingerprint density at radius 1 is 0.489 bits per heavy atom. The van der Waals surface area contributed by atoms with E-state index in [2.05, 4.69) is 21.3 Å². The third-order valence-corrected chi connectivity index (χ3v) is 16.8. The number of aliphatic hydroxyl groups is 1. The van der Waals surface area contributed by atoms with Crippen molar-refractivity contribution in [3.8, 4) is 0 Å².